The summed E-state index contributed by atoms with van der Waals surface area (Å²) in [6.07, 6.45) is 1.89. The van der Waals surface area contributed by atoms with Crippen molar-refractivity contribution < 1.29 is 4.39 Å². The highest BCUT2D eigenvalue weighted by molar-refractivity contribution is 9.10. The third-order valence-corrected chi connectivity index (χ3v) is 5.59. The van der Waals surface area contributed by atoms with Crippen LogP contribution in [0.25, 0.3) is 0 Å². The average molecular weight is 377 g/mol. The summed E-state index contributed by atoms with van der Waals surface area (Å²) in [4.78, 5) is 1.19. The number of halogens is 3. The Bertz CT molecular complexity index is 536. The van der Waals surface area contributed by atoms with Crippen molar-refractivity contribution in [2.24, 2.45) is 0 Å². The van der Waals surface area contributed by atoms with Crippen LogP contribution in [0, 0.1) is 5.82 Å². The smallest absolute Gasteiger partial charge is 0.123 e. The quantitative estimate of drug-likeness (QED) is 0.693. The van der Waals surface area contributed by atoms with Gasteiger partial charge in [-0.05, 0) is 59.1 Å². The van der Waals surface area contributed by atoms with Crippen LogP contribution in [0.1, 0.15) is 29.8 Å². The Morgan fingerprint density at radius 3 is 2.60 bits per heavy atom. The van der Waals surface area contributed by atoms with Gasteiger partial charge in [0.05, 0.1) is 0 Å². The Kier molecular flexibility index (Phi) is 6.02. The summed E-state index contributed by atoms with van der Waals surface area (Å²) in [7, 11) is 0. The molecule has 5 heteroatoms. The van der Waals surface area contributed by atoms with E-state index in [1.807, 2.05) is 12.1 Å². The minimum Gasteiger partial charge on any atom is -0.309 e. The fourth-order valence-corrected chi connectivity index (χ4v) is 3.79. The van der Waals surface area contributed by atoms with E-state index in [0.29, 0.717) is 0 Å². The SMILES string of the molecule is CCCNC(Cc1ccc(F)cc1)c1cc(Br)c(Cl)s1. The molecule has 1 N–H and O–H groups in total. The molecule has 0 aliphatic carbocycles. The maximum Gasteiger partial charge on any atom is 0.123 e. The van der Waals surface area contributed by atoms with E-state index in [1.165, 1.54) is 17.0 Å². The molecule has 0 saturated carbocycles. The van der Waals surface area contributed by atoms with E-state index in [2.05, 4.69) is 34.2 Å². The molecule has 0 aliphatic heterocycles. The summed E-state index contributed by atoms with van der Waals surface area (Å²) >= 11 is 11.2. The summed E-state index contributed by atoms with van der Waals surface area (Å²) < 4.78 is 14.7. The molecule has 2 rings (SSSR count). The van der Waals surface area contributed by atoms with Crippen LogP contribution < -0.4 is 5.32 Å². The van der Waals surface area contributed by atoms with Gasteiger partial charge in [-0.2, -0.15) is 0 Å². The highest BCUT2D eigenvalue weighted by atomic mass is 79.9. The van der Waals surface area contributed by atoms with E-state index in [-0.39, 0.29) is 11.9 Å². The number of hydrogen-bond donors (Lipinski definition) is 1. The van der Waals surface area contributed by atoms with Gasteiger partial charge in [-0.25, -0.2) is 4.39 Å². The molecule has 108 valence electrons. The maximum absolute atomic E-state index is 13.0. The first-order valence-electron chi connectivity index (χ1n) is 6.52. The molecule has 1 atom stereocenters. The highest BCUT2D eigenvalue weighted by Crippen LogP contribution is 2.36. The fourth-order valence-electron chi connectivity index (χ4n) is 1.98. The predicted molar refractivity (Wildman–Crippen MR) is 88.2 cm³/mol. The molecule has 0 spiro atoms. The Hall–Kier alpha value is -0.420. The second kappa shape index (κ2) is 7.55. The highest BCUT2D eigenvalue weighted by Gasteiger charge is 2.16. The molecule has 0 aliphatic rings. The maximum atomic E-state index is 13.0. The minimum absolute atomic E-state index is 0.200. The van der Waals surface area contributed by atoms with Crippen molar-refractivity contribution in [3.8, 4) is 0 Å². The van der Waals surface area contributed by atoms with Crippen LogP contribution in [-0.2, 0) is 6.42 Å². The van der Waals surface area contributed by atoms with Gasteiger partial charge in [-0.1, -0.05) is 30.7 Å². The molecule has 0 saturated heterocycles. The lowest BCUT2D eigenvalue weighted by molar-refractivity contribution is 0.535. The van der Waals surface area contributed by atoms with E-state index < -0.39 is 0 Å². The Balaban J connectivity index is 2.16. The summed E-state index contributed by atoms with van der Waals surface area (Å²) in [5.74, 6) is -0.200. The van der Waals surface area contributed by atoms with Gasteiger partial charge in [0.2, 0.25) is 0 Å². The molecule has 1 aromatic heterocycles. The van der Waals surface area contributed by atoms with Gasteiger partial charge in [0.25, 0.3) is 0 Å². The lowest BCUT2D eigenvalue weighted by Crippen LogP contribution is -2.23. The lowest BCUT2D eigenvalue weighted by atomic mass is 10.0. The van der Waals surface area contributed by atoms with Crippen LogP contribution in [0.5, 0.6) is 0 Å². The van der Waals surface area contributed by atoms with E-state index in [0.717, 1.165) is 33.8 Å². The molecule has 0 bridgehead atoms. The van der Waals surface area contributed by atoms with Crippen molar-refractivity contribution in [3.05, 3.63) is 55.4 Å². The van der Waals surface area contributed by atoms with Crippen molar-refractivity contribution in [2.45, 2.75) is 25.8 Å². The summed E-state index contributed by atoms with van der Waals surface area (Å²) in [6.45, 7) is 3.08. The standard InChI is InChI=1S/C15H16BrClFNS/c1-2-7-19-13(14-9-12(16)15(17)20-14)8-10-3-5-11(18)6-4-10/h3-6,9,13,19H,2,7-8H2,1H3. The molecule has 1 aromatic carbocycles. The van der Waals surface area contributed by atoms with Crippen molar-refractivity contribution >= 4 is 38.9 Å². The molecular weight excluding hydrogens is 361 g/mol. The van der Waals surface area contributed by atoms with Crippen molar-refractivity contribution in [1.82, 2.24) is 5.32 Å². The van der Waals surface area contributed by atoms with E-state index in [1.54, 1.807) is 11.3 Å². The second-order valence-corrected chi connectivity index (χ2v) is 7.15. The number of nitrogens with one attached hydrogen (secondary N) is 1. The Labute approximate surface area is 136 Å². The van der Waals surface area contributed by atoms with Gasteiger partial charge in [0.15, 0.2) is 0 Å². The summed E-state index contributed by atoms with van der Waals surface area (Å²) in [5.41, 5.74) is 1.11. The Morgan fingerprint density at radius 1 is 1.35 bits per heavy atom. The van der Waals surface area contributed by atoms with Crippen LogP contribution in [0.3, 0.4) is 0 Å². The van der Waals surface area contributed by atoms with Crippen molar-refractivity contribution in [1.29, 1.82) is 0 Å². The van der Waals surface area contributed by atoms with Gasteiger partial charge < -0.3 is 5.32 Å². The lowest BCUT2D eigenvalue weighted by Gasteiger charge is -2.17. The van der Waals surface area contributed by atoms with Crippen LogP contribution in [-0.4, -0.2) is 6.54 Å². The van der Waals surface area contributed by atoms with Gasteiger partial charge in [0.1, 0.15) is 10.2 Å². The topological polar surface area (TPSA) is 12.0 Å². The minimum atomic E-state index is -0.200. The van der Waals surface area contributed by atoms with E-state index in [4.69, 9.17) is 11.6 Å². The van der Waals surface area contributed by atoms with Crippen LogP contribution in [0.2, 0.25) is 4.34 Å². The van der Waals surface area contributed by atoms with E-state index in [9.17, 15) is 4.39 Å². The Morgan fingerprint density at radius 2 is 2.05 bits per heavy atom. The fraction of sp³-hybridized carbons (Fsp3) is 0.333. The zero-order chi connectivity index (χ0) is 14.5. The van der Waals surface area contributed by atoms with E-state index >= 15 is 0 Å². The van der Waals surface area contributed by atoms with Crippen LogP contribution >= 0.6 is 38.9 Å². The van der Waals surface area contributed by atoms with Crippen molar-refractivity contribution in [2.75, 3.05) is 6.54 Å². The van der Waals surface area contributed by atoms with Crippen LogP contribution in [0.15, 0.2) is 34.8 Å². The van der Waals surface area contributed by atoms with Crippen LogP contribution in [0.4, 0.5) is 4.39 Å². The molecular formula is C15H16BrClFNS. The molecule has 0 amide bonds. The van der Waals surface area contributed by atoms with Gasteiger partial charge in [-0.15, -0.1) is 11.3 Å². The first kappa shape index (κ1) is 16.0. The normalized spacial score (nSPS) is 12.6. The average Bonchev–Trinajstić information content (AvgIpc) is 2.77. The number of benzene rings is 1. The van der Waals surface area contributed by atoms with Gasteiger partial charge in [-0.3, -0.25) is 0 Å². The van der Waals surface area contributed by atoms with Crippen molar-refractivity contribution in [3.63, 3.8) is 0 Å². The summed E-state index contributed by atoms with van der Waals surface area (Å²) in [6, 6.07) is 8.94. The third-order valence-electron chi connectivity index (χ3n) is 3.00. The molecule has 20 heavy (non-hydrogen) atoms. The van der Waals surface area contributed by atoms with Gasteiger partial charge in [0, 0.05) is 15.4 Å². The second-order valence-electron chi connectivity index (χ2n) is 4.61. The molecule has 2 aromatic rings. The largest absolute Gasteiger partial charge is 0.309 e. The first-order chi connectivity index (χ1) is 9.60. The zero-order valence-corrected chi connectivity index (χ0v) is 14.3. The molecule has 0 fully saturated rings. The molecule has 1 heterocycles. The third kappa shape index (κ3) is 4.29. The predicted octanol–water partition coefficient (Wildman–Crippen LogP) is 5.59. The first-order valence-corrected chi connectivity index (χ1v) is 8.51. The molecule has 1 unspecified atom stereocenters. The number of thiophene rings is 1. The monoisotopic (exact) mass is 375 g/mol. The van der Waals surface area contributed by atoms with Gasteiger partial charge >= 0.3 is 0 Å². The number of hydrogen-bond acceptors (Lipinski definition) is 2. The molecule has 0 radical (unpaired) electrons. The molecule has 1 nitrogen and oxygen atoms in total. The summed E-state index contributed by atoms with van der Waals surface area (Å²) in [5, 5.41) is 3.53. The zero-order valence-electron chi connectivity index (χ0n) is 11.1. The number of rotatable bonds is 6.